The van der Waals surface area contributed by atoms with Gasteiger partial charge < -0.3 is 20.9 Å². The van der Waals surface area contributed by atoms with E-state index in [1.54, 1.807) is 0 Å². The summed E-state index contributed by atoms with van der Waals surface area (Å²) in [5.41, 5.74) is 5.91. The fourth-order valence-corrected chi connectivity index (χ4v) is 1.78. The van der Waals surface area contributed by atoms with Gasteiger partial charge in [-0.1, -0.05) is 18.5 Å². The monoisotopic (exact) mass is 300 g/mol. The number of ether oxygens (including phenoxy) is 1. The van der Waals surface area contributed by atoms with Crippen LogP contribution in [0.2, 0.25) is 5.02 Å². The zero-order chi connectivity index (χ0) is 15.3. The van der Waals surface area contributed by atoms with E-state index in [1.807, 2.05) is 6.92 Å². The average molecular weight is 301 g/mol. The number of methoxy groups -OCH3 is 1. The summed E-state index contributed by atoms with van der Waals surface area (Å²) in [6.45, 7) is 1.88. The first kappa shape index (κ1) is 16.3. The van der Waals surface area contributed by atoms with Crippen molar-refractivity contribution in [2.45, 2.75) is 25.8 Å². The van der Waals surface area contributed by atoms with Crippen LogP contribution in [0.25, 0.3) is 0 Å². The number of carboxylic acid groups (broad SMARTS) is 1. The van der Waals surface area contributed by atoms with Gasteiger partial charge in [0.15, 0.2) is 0 Å². The molecule has 0 fully saturated rings. The fourth-order valence-electron chi connectivity index (χ4n) is 1.57. The molecule has 1 rings (SSSR count). The molecule has 0 aromatic heterocycles. The van der Waals surface area contributed by atoms with Crippen LogP contribution in [0.15, 0.2) is 12.1 Å². The predicted octanol–water partition coefficient (Wildman–Crippen LogP) is 2.11. The summed E-state index contributed by atoms with van der Waals surface area (Å²) in [7, 11) is 1.34. The maximum Gasteiger partial charge on any atom is 0.339 e. The Morgan fingerprint density at radius 1 is 1.50 bits per heavy atom. The third-order valence-corrected chi connectivity index (χ3v) is 3.08. The van der Waals surface area contributed by atoms with Crippen molar-refractivity contribution < 1.29 is 19.4 Å². The molecule has 1 aromatic rings. The quantitative estimate of drug-likeness (QED) is 0.747. The van der Waals surface area contributed by atoms with E-state index in [9.17, 15) is 9.59 Å². The Labute approximate surface area is 121 Å². The van der Waals surface area contributed by atoms with Crippen LogP contribution in [0.1, 0.15) is 30.1 Å². The van der Waals surface area contributed by atoms with Crippen LogP contribution in [-0.4, -0.2) is 30.1 Å². The SMILES string of the molecule is CCC(N)CC(=O)Nc1cc(OC)c(C(=O)O)cc1Cl. The largest absolute Gasteiger partial charge is 0.496 e. The lowest BCUT2D eigenvalue weighted by molar-refractivity contribution is -0.116. The van der Waals surface area contributed by atoms with Crippen LogP contribution in [-0.2, 0) is 4.79 Å². The third-order valence-electron chi connectivity index (χ3n) is 2.77. The molecule has 0 heterocycles. The van der Waals surface area contributed by atoms with Gasteiger partial charge >= 0.3 is 5.97 Å². The van der Waals surface area contributed by atoms with E-state index >= 15 is 0 Å². The minimum atomic E-state index is -1.16. The molecule has 0 radical (unpaired) electrons. The van der Waals surface area contributed by atoms with Gasteiger partial charge in [-0.25, -0.2) is 4.79 Å². The van der Waals surface area contributed by atoms with Crippen molar-refractivity contribution in [2.75, 3.05) is 12.4 Å². The van der Waals surface area contributed by atoms with Crippen LogP contribution in [0.4, 0.5) is 5.69 Å². The first-order chi connectivity index (χ1) is 9.38. The lowest BCUT2D eigenvalue weighted by Gasteiger charge is -2.13. The number of amides is 1. The van der Waals surface area contributed by atoms with Gasteiger partial charge in [0, 0.05) is 18.5 Å². The number of carboxylic acids is 1. The lowest BCUT2D eigenvalue weighted by atomic mass is 10.1. The van der Waals surface area contributed by atoms with Crippen molar-refractivity contribution in [1.82, 2.24) is 0 Å². The molecule has 7 heteroatoms. The maximum absolute atomic E-state index is 11.7. The molecular weight excluding hydrogens is 284 g/mol. The number of rotatable bonds is 6. The summed E-state index contributed by atoms with van der Waals surface area (Å²) in [6, 6.07) is 2.38. The zero-order valence-corrected chi connectivity index (χ0v) is 12.0. The van der Waals surface area contributed by atoms with Crippen molar-refractivity contribution in [3.63, 3.8) is 0 Å². The molecule has 0 saturated heterocycles. The Kier molecular flexibility index (Phi) is 5.79. The standard InChI is InChI=1S/C13H17ClN2O4/c1-3-7(15)4-12(17)16-10-6-11(20-2)8(13(18)19)5-9(10)14/h5-7H,3-4,15H2,1-2H3,(H,16,17)(H,18,19). The number of hydrogen-bond acceptors (Lipinski definition) is 4. The minimum Gasteiger partial charge on any atom is -0.496 e. The van der Waals surface area contributed by atoms with Gasteiger partial charge in [0.1, 0.15) is 11.3 Å². The highest BCUT2D eigenvalue weighted by molar-refractivity contribution is 6.34. The van der Waals surface area contributed by atoms with Crippen molar-refractivity contribution >= 4 is 29.2 Å². The highest BCUT2D eigenvalue weighted by Gasteiger charge is 2.16. The number of benzene rings is 1. The van der Waals surface area contributed by atoms with E-state index in [0.717, 1.165) is 0 Å². The molecular formula is C13H17ClN2O4. The molecule has 1 amide bonds. The van der Waals surface area contributed by atoms with Crippen LogP contribution in [0.5, 0.6) is 5.75 Å². The van der Waals surface area contributed by atoms with E-state index in [0.29, 0.717) is 12.1 Å². The van der Waals surface area contributed by atoms with Gasteiger partial charge in [0.25, 0.3) is 0 Å². The van der Waals surface area contributed by atoms with Crippen LogP contribution < -0.4 is 15.8 Å². The van der Waals surface area contributed by atoms with Crippen LogP contribution >= 0.6 is 11.6 Å². The van der Waals surface area contributed by atoms with Crippen LogP contribution in [0, 0.1) is 0 Å². The second-order valence-electron chi connectivity index (χ2n) is 4.26. The summed E-state index contributed by atoms with van der Waals surface area (Å²) in [5.74, 6) is -1.32. The molecule has 1 atom stereocenters. The number of nitrogens with one attached hydrogen (secondary N) is 1. The average Bonchev–Trinajstić information content (AvgIpc) is 2.40. The van der Waals surface area contributed by atoms with Crippen LogP contribution in [0.3, 0.4) is 0 Å². The molecule has 20 heavy (non-hydrogen) atoms. The van der Waals surface area contributed by atoms with E-state index in [1.165, 1.54) is 19.2 Å². The van der Waals surface area contributed by atoms with Crippen molar-refractivity contribution in [3.8, 4) is 5.75 Å². The number of nitrogens with two attached hydrogens (primary N) is 1. The normalized spacial score (nSPS) is 11.8. The smallest absolute Gasteiger partial charge is 0.339 e. The molecule has 0 aliphatic heterocycles. The number of halogens is 1. The van der Waals surface area contributed by atoms with Gasteiger partial charge in [0.05, 0.1) is 17.8 Å². The maximum atomic E-state index is 11.7. The third kappa shape index (κ3) is 4.11. The Hall–Kier alpha value is -1.79. The molecule has 1 aromatic carbocycles. The van der Waals surface area contributed by atoms with Crippen molar-refractivity contribution in [1.29, 1.82) is 0 Å². The molecule has 1 unspecified atom stereocenters. The molecule has 0 saturated carbocycles. The first-order valence-electron chi connectivity index (χ1n) is 6.05. The number of anilines is 1. The molecule has 0 spiro atoms. The predicted molar refractivity (Wildman–Crippen MR) is 76.5 cm³/mol. The lowest BCUT2D eigenvalue weighted by Crippen LogP contribution is -2.26. The van der Waals surface area contributed by atoms with E-state index in [-0.39, 0.29) is 34.7 Å². The second kappa shape index (κ2) is 7.12. The molecule has 110 valence electrons. The second-order valence-corrected chi connectivity index (χ2v) is 4.67. The number of carbonyl (C=O) groups is 2. The van der Waals surface area contributed by atoms with Crippen molar-refractivity contribution in [3.05, 3.63) is 22.7 Å². The highest BCUT2D eigenvalue weighted by Crippen LogP contribution is 2.31. The Bertz CT molecular complexity index is 519. The van der Waals surface area contributed by atoms with E-state index < -0.39 is 5.97 Å². The molecule has 0 aliphatic rings. The Morgan fingerprint density at radius 2 is 2.15 bits per heavy atom. The van der Waals surface area contributed by atoms with Crippen molar-refractivity contribution in [2.24, 2.45) is 5.73 Å². The first-order valence-corrected chi connectivity index (χ1v) is 6.43. The molecule has 0 bridgehead atoms. The summed E-state index contributed by atoms with van der Waals surface area (Å²) in [4.78, 5) is 22.8. The molecule has 4 N–H and O–H groups in total. The summed E-state index contributed by atoms with van der Waals surface area (Å²) in [6.07, 6.45) is 0.845. The Morgan fingerprint density at radius 3 is 2.65 bits per heavy atom. The van der Waals surface area contributed by atoms with Gasteiger partial charge in [0.2, 0.25) is 5.91 Å². The minimum absolute atomic E-state index is 0.0687. The van der Waals surface area contributed by atoms with E-state index in [4.69, 9.17) is 27.2 Å². The molecule has 0 aliphatic carbocycles. The Balaban J connectivity index is 2.96. The highest BCUT2D eigenvalue weighted by atomic mass is 35.5. The summed E-state index contributed by atoms with van der Waals surface area (Å²) < 4.78 is 4.97. The summed E-state index contributed by atoms with van der Waals surface area (Å²) >= 11 is 5.95. The van der Waals surface area contributed by atoms with Gasteiger partial charge in [-0.2, -0.15) is 0 Å². The number of hydrogen-bond donors (Lipinski definition) is 3. The number of carbonyl (C=O) groups excluding carboxylic acids is 1. The fraction of sp³-hybridized carbons (Fsp3) is 0.385. The van der Waals surface area contributed by atoms with Gasteiger partial charge in [-0.3, -0.25) is 4.79 Å². The van der Waals surface area contributed by atoms with E-state index in [2.05, 4.69) is 5.32 Å². The number of aromatic carboxylic acids is 1. The molecule has 6 nitrogen and oxygen atoms in total. The van der Waals surface area contributed by atoms with Gasteiger partial charge in [-0.05, 0) is 12.5 Å². The topological polar surface area (TPSA) is 102 Å². The van der Waals surface area contributed by atoms with Gasteiger partial charge in [-0.15, -0.1) is 0 Å². The zero-order valence-electron chi connectivity index (χ0n) is 11.3. The summed E-state index contributed by atoms with van der Waals surface area (Å²) in [5, 5.41) is 11.7.